The van der Waals surface area contributed by atoms with Gasteiger partial charge in [0.25, 0.3) is 5.69 Å². The van der Waals surface area contributed by atoms with Crippen molar-refractivity contribution in [2.24, 2.45) is 0 Å². The van der Waals surface area contributed by atoms with Gasteiger partial charge in [-0.05, 0) is 54.5 Å². The van der Waals surface area contributed by atoms with Gasteiger partial charge in [0, 0.05) is 33.8 Å². The van der Waals surface area contributed by atoms with Gasteiger partial charge in [-0.15, -0.1) is 0 Å². The number of ether oxygens (including phenoxy) is 2. The third-order valence-corrected chi connectivity index (χ3v) is 5.34. The van der Waals surface area contributed by atoms with Crippen molar-refractivity contribution in [2.45, 2.75) is 13.5 Å². The summed E-state index contributed by atoms with van der Waals surface area (Å²) in [4.78, 5) is 23.1. The van der Waals surface area contributed by atoms with Crippen LogP contribution in [0.2, 0.25) is 10.0 Å². The second-order valence-electron chi connectivity index (χ2n) is 6.93. The molecule has 3 aromatic rings. The summed E-state index contributed by atoms with van der Waals surface area (Å²) in [5.74, 6) is 0.824. The zero-order chi connectivity index (χ0) is 22.1. The van der Waals surface area contributed by atoms with Crippen molar-refractivity contribution in [2.75, 3.05) is 0 Å². The minimum Gasteiger partial charge on any atom is -0.489 e. The Balaban J connectivity index is 1.55. The molecule has 0 N–H and O–H groups in total. The van der Waals surface area contributed by atoms with Gasteiger partial charge >= 0.3 is 0 Å². The van der Waals surface area contributed by atoms with Crippen LogP contribution in [0.15, 0.2) is 60.4 Å². The van der Waals surface area contributed by atoms with E-state index in [9.17, 15) is 14.9 Å². The first-order valence-electron chi connectivity index (χ1n) is 9.22. The van der Waals surface area contributed by atoms with Crippen molar-refractivity contribution in [3.63, 3.8) is 0 Å². The van der Waals surface area contributed by atoms with E-state index >= 15 is 0 Å². The number of fused-ring (bicyclic) bond motifs is 1. The standard InChI is InChI=1S/C23H15Cl2NO5/c1-13-8-18(30-12-15-4-5-16(24)10-19(15)25)11-20-22(13)23(27)21(31-20)9-14-2-6-17(7-3-14)26(28)29/h2-11H,12H2,1H3/b21-9-. The predicted molar refractivity (Wildman–Crippen MR) is 118 cm³/mol. The number of carbonyl (C=O) groups is 1. The molecule has 6 nitrogen and oxygen atoms in total. The summed E-state index contributed by atoms with van der Waals surface area (Å²) < 4.78 is 11.6. The lowest BCUT2D eigenvalue weighted by Gasteiger charge is -2.10. The third-order valence-electron chi connectivity index (χ3n) is 4.75. The van der Waals surface area contributed by atoms with E-state index in [1.54, 1.807) is 55.5 Å². The fourth-order valence-corrected chi connectivity index (χ4v) is 3.67. The molecular weight excluding hydrogens is 441 g/mol. The average molecular weight is 456 g/mol. The van der Waals surface area contributed by atoms with E-state index < -0.39 is 4.92 Å². The molecule has 0 fully saturated rings. The highest BCUT2D eigenvalue weighted by atomic mass is 35.5. The molecule has 0 amide bonds. The van der Waals surface area contributed by atoms with Crippen molar-refractivity contribution < 1.29 is 19.2 Å². The Morgan fingerprint density at radius 1 is 1.10 bits per heavy atom. The van der Waals surface area contributed by atoms with Gasteiger partial charge in [0.15, 0.2) is 5.76 Å². The quantitative estimate of drug-likeness (QED) is 0.252. The number of halogens is 2. The molecule has 0 saturated carbocycles. The minimum atomic E-state index is -0.480. The van der Waals surface area contributed by atoms with E-state index in [1.165, 1.54) is 12.1 Å². The smallest absolute Gasteiger partial charge is 0.269 e. The van der Waals surface area contributed by atoms with Gasteiger partial charge in [-0.3, -0.25) is 14.9 Å². The zero-order valence-corrected chi connectivity index (χ0v) is 17.7. The summed E-state index contributed by atoms with van der Waals surface area (Å²) in [6.07, 6.45) is 1.56. The lowest BCUT2D eigenvalue weighted by atomic mass is 10.0. The lowest BCUT2D eigenvalue weighted by Crippen LogP contribution is -2.00. The summed E-state index contributed by atoms with van der Waals surface area (Å²) in [7, 11) is 0. The number of hydrogen-bond acceptors (Lipinski definition) is 5. The minimum absolute atomic E-state index is 0.0254. The maximum absolute atomic E-state index is 12.8. The lowest BCUT2D eigenvalue weighted by molar-refractivity contribution is -0.384. The molecule has 0 bridgehead atoms. The topological polar surface area (TPSA) is 78.7 Å². The molecule has 0 atom stereocenters. The molecule has 8 heteroatoms. The molecule has 0 aliphatic carbocycles. The number of nitro benzene ring substituents is 1. The van der Waals surface area contributed by atoms with Crippen LogP contribution in [0, 0.1) is 17.0 Å². The maximum atomic E-state index is 12.8. The van der Waals surface area contributed by atoms with Gasteiger partial charge in [0.05, 0.1) is 10.5 Å². The average Bonchev–Trinajstić information content (AvgIpc) is 3.03. The number of nitro groups is 1. The first kappa shape index (κ1) is 20.9. The van der Waals surface area contributed by atoms with Crippen molar-refractivity contribution in [1.82, 2.24) is 0 Å². The molecule has 1 aliphatic rings. The molecule has 31 heavy (non-hydrogen) atoms. The number of rotatable bonds is 5. The molecule has 0 unspecified atom stereocenters. The summed E-state index contributed by atoms with van der Waals surface area (Å²) >= 11 is 12.1. The van der Waals surface area contributed by atoms with Gasteiger partial charge in [-0.1, -0.05) is 29.3 Å². The number of allylic oxidation sites excluding steroid dienone is 1. The maximum Gasteiger partial charge on any atom is 0.269 e. The Morgan fingerprint density at radius 2 is 1.84 bits per heavy atom. The molecule has 1 heterocycles. The van der Waals surface area contributed by atoms with Gasteiger partial charge in [0.2, 0.25) is 5.78 Å². The summed E-state index contributed by atoms with van der Waals surface area (Å²) in [5.41, 5.74) is 2.55. The van der Waals surface area contributed by atoms with Crippen molar-refractivity contribution >= 4 is 40.7 Å². The Labute approximate surface area is 187 Å². The fourth-order valence-electron chi connectivity index (χ4n) is 3.20. The molecule has 1 aliphatic heterocycles. The Morgan fingerprint density at radius 3 is 2.52 bits per heavy atom. The van der Waals surface area contributed by atoms with Crippen LogP contribution in [0.5, 0.6) is 11.5 Å². The molecule has 0 radical (unpaired) electrons. The van der Waals surface area contributed by atoms with Crippen LogP contribution >= 0.6 is 23.2 Å². The van der Waals surface area contributed by atoms with Gasteiger partial charge in [0.1, 0.15) is 18.1 Å². The third kappa shape index (κ3) is 4.40. The Kier molecular flexibility index (Phi) is 5.67. The van der Waals surface area contributed by atoms with E-state index in [1.807, 2.05) is 0 Å². The molecule has 0 saturated heterocycles. The highest BCUT2D eigenvalue weighted by molar-refractivity contribution is 6.35. The summed E-state index contributed by atoms with van der Waals surface area (Å²) in [6.45, 7) is 2.03. The number of benzene rings is 3. The summed E-state index contributed by atoms with van der Waals surface area (Å²) in [5, 5.41) is 11.8. The van der Waals surface area contributed by atoms with Crippen LogP contribution in [0.1, 0.15) is 27.0 Å². The van der Waals surface area contributed by atoms with Crippen LogP contribution in [-0.2, 0) is 6.61 Å². The van der Waals surface area contributed by atoms with E-state index in [0.29, 0.717) is 38.2 Å². The van der Waals surface area contributed by atoms with E-state index in [4.69, 9.17) is 32.7 Å². The van der Waals surface area contributed by atoms with E-state index in [0.717, 1.165) is 5.56 Å². The van der Waals surface area contributed by atoms with Crippen LogP contribution < -0.4 is 9.47 Å². The highest BCUT2D eigenvalue weighted by Gasteiger charge is 2.30. The zero-order valence-electron chi connectivity index (χ0n) is 16.2. The number of Topliss-reactive ketones (excluding diaryl/α,β-unsaturated/α-hetero) is 1. The summed E-state index contributed by atoms with van der Waals surface area (Å²) in [6, 6.07) is 14.4. The second kappa shape index (κ2) is 8.41. The molecule has 0 spiro atoms. The van der Waals surface area contributed by atoms with Gasteiger partial charge in [-0.25, -0.2) is 0 Å². The van der Waals surface area contributed by atoms with Crippen LogP contribution in [0.4, 0.5) is 5.69 Å². The van der Waals surface area contributed by atoms with Crippen LogP contribution in [0.25, 0.3) is 6.08 Å². The largest absolute Gasteiger partial charge is 0.489 e. The molecular formula is C23H15Cl2NO5. The first-order chi connectivity index (χ1) is 14.8. The normalized spacial score (nSPS) is 13.8. The highest BCUT2D eigenvalue weighted by Crippen LogP contribution is 2.38. The predicted octanol–water partition coefficient (Wildman–Crippen LogP) is 6.41. The van der Waals surface area contributed by atoms with E-state index in [-0.39, 0.29) is 23.8 Å². The molecule has 156 valence electrons. The fraction of sp³-hybridized carbons (Fsp3) is 0.0870. The number of ketones is 1. The second-order valence-corrected chi connectivity index (χ2v) is 7.77. The number of non-ortho nitro benzene ring substituents is 1. The van der Waals surface area contributed by atoms with Gasteiger partial charge in [-0.2, -0.15) is 0 Å². The number of carbonyl (C=O) groups excluding carboxylic acids is 1. The number of nitrogens with zero attached hydrogens (tertiary/aromatic N) is 1. The Hall–Kier alpha value is -3.35. The van der Waals surface area contributed by atoms with E-state index in [2.05, 4.69) is 0 Å². The molecule has 4 rings (SSSR count). The molecule has 3 aromatic carbocycles. The molecule has 0 aromatic heterocycles. The monoisotopic (exact) mass is 455 g/mol. The number of hydrogen-bond donors (Lipinski definition) is 0. The van der Waals surface area contributed by atoms with Crippen molar-refractivity contribution in [3.05, 3.63) is 103 Å². The van der Waals surface area contributed by atoms with Crippen molar-refractivity contribution in [1.29, 1.82) is 0 Å². The first-order valence-corrected chi connectivity index (χ1v) is 9.97. The van der Waals surface area contributed by atoms with Gasteiger partial charge < -0.3 is 9.47 Å². The van der Waals surface area contributed by atoms with Crippen LogP contribution in [-0.4, -0.2) is 10.7 Å². The SMILES string of the molecule is Cc1cc(OCc2ccc(Cl)cc2Cl)cc2c1C(=O)/C(=C/c1ccc([N+](=O)[O-])cc1)O2. The number of aryl methyl sites for hydroxylation is 1. The Bertz CT molecular complexity index is 1240. The van der Waals surface area contributed by atoms with Crippen molar-refractivity contribution in [3.8, 4) is 11.5 Å². The van der Waals surface area contributed by atoms with Crippen LogP contribution in [0.3, 0.4) is 0 Å².